The molecule has 1 saturated heterocycles. The fourth-order valence-corrected chi connectivity index (χ4v) is 2.52. The van der Waals surface area contributed by atoms with Crippen molar-refractivity contribution in [2.45, 2.75) is 6.54 Å². The normalized spacial score (nSPS) is 13.9. The number of imidazole rings is 1. The van der Waals surface area contributed by atoms with Crippen molar-refractivity contribution in [2.75, 3.05) is 18.0 Å². The standard InChI is InChI=1S/C14H12ClN5/c15-14-18-11-12(19-6-7-19)16-9-17-13(11)20(14)8-10-4-2-1-3-5-10/h1-5,9H,6-8H2. The van der Waals surface area contributed by atoms with E-state index in [4.69, 9.17) is 11.6 Å². The molecule has 5 nitrogen and oxygen atoms in total. The summed E-state index contributed by atoms with van der Waals surface area (Å²) in [5.41, 5.74) is 2.74. The number of rotatable bonds is 3. The number of hydrogen-bond donors (Lipinski definition) is 0. The Hall–Kier alpha value is -2.14. The second-order valence-corrected chi connectivity index (χ2v) is 5.15. The third-order valence-electron chi connectivity index (χ3n) is 3.40. The molecule has 20 heavy (non-hydrogen) atoms. The molecule has 0 bridgehead atoms. The van der Waals surface area contributed by atoms with Gasteiger partial charge >= 0.3 is 0 Å². The highest BCUT2D eigenvalue weighted by Crippen LogP contribution is 2.28. The molecule has 0 radical (unpaired) electrons. The lowest BCUT2D eigenvalue weighted by Crippen LogP contribution is -2.02. The molecule has 3 heterocycles. The first kappa shape index (κ1) is 11.7. The van der Waals surface area contributed by atoms with Crippen molar-refractivity contribution in [3.8, 4) is 0 Å². The second-order valence-electron chi connectivity index (χ2n) is 4.81. The molecule has 0 unspecified atom stereocenters. The number of anilines is 1. The van der Waals surface area contributed by atoms with Crippen molar-refractivity contribution in [3.05, 3.63) is 47.5 Å². The van der Waals surface area contributed by atoms with E-state index in [0.717, 1.165) is 30.1 Å². The van der Waals surface area contributed by atoms with Crippen LogP contribution in [0.4, 0.5) is 5.82 Å². The Morgan fingerprint density at radius 1 is 1.10 bits per heavy atom. The molecule has 0 saturated carbocycles. The Morgan fingerprint density at radius 3 is 2.65 bits per heavy atom. The zero-order chi connectivity index (χ0) is 13.5. The highest BCUT2D eigenvalue weighted by molar-refractivity contribution is 6.29. The van der Waals surface area contributed by atoms with Gasteiger partial charge in [-0.1, -0.05) is 30.3 Å². The summed E-state index contributed by atoms with van der Waals surface area (Å²) in [6.45, 7) is 2.71. The summed E-state index contributed by atoms with van der Waals surface area (Å²) in [5.74, 6) is 0.878. The number of benzene rings is 1. The van der Waals surface area contributed by atoms with Gasteiger partial charge in [0.25, 0.3) is 0 Å². The van der Waals surface area contributed by atoms with Gasteiger partial charge in [0.2, 0.25) is 5.28 Å². The van der Waals surface area contributed by atoms with Crippen LogP contribution in [0.2, 0.25) is 5.28 Å². The summed E-state index contributed by atoms with van der Waals surface area (Å²) in [6, 6.07) is 10.2. The smallest absolute Gasteiger partial charge is 0.205 e. The first-order valence-corrected chi connectivity index (χ1v) is 6.86. The largest absolute Gasteiger partial charge is 0.351 e. The molecule has 0 N–H and O–H groups in total. The second kappa shape index (κ2) is 4.45. The third-order valence-corrected chi connectivity index (χ3v) is 3.68. The minimum Gasteiger partial charge on any atom is -0.351 e. The number of fused-ring (bicyclic) bond motifs is 1. The van der Waals surface area contributed by atoms with Crippen LogP contribution in [-0.2, 0) is 6.54 Å². The summed E-state index contributed by atoms with van der Waals surface area (Å²) in [6.07, 6.45) is 1.58. The lowest BCUT2D eigenvalue weighted by molar-refractivity contribution is 0.814. The van der Waals surface area contributed by atoms with Crippen molar-refractivity contribution in [1.82, 2.24) is 19.5 Å². The average molecular weight is 286 g/mol. The lowest BCUT2D eigenvalue weighted by atomic mass is 10.2. The van der Waals surface area contributed by atoms with E-state index in [-0.39, 0.29) is 0 Å². The van der Waals surface area contributed by atoms with Crippen LogP contribution in [0.15, 0.2) is 36.7 Å². The predicted octanol–water partition coefficient (Wildman–Crippen LogP) is 2.35. The van der Waals surface area contributed by atoms with Crippen LogP contribution in [-0.4, -0.2) is 32.6 Å². The predicted molar refractivity (Wildman–Crippen MR) is 78.1 cm³/mol. The quantitative estimate of drug-likeness (QED) is 0.547. The molecule has 3 aromatic rings. The molecule has 0 aliphatic carbocycles. The van der Waals surface area contributed by atoms with E-state index in [0.29, 0.717) is 11.8 Å². The lowest BCUT2D eigenvalue weighted by Gasteiger charge is -2.05. The Morgan fingerprint density at radius 2 is 1.90 bits per heavy atom. The van der Waals surface area contributed by atoms with Crippen LogP contribution in [0, 0.1) is 0 Å². The van der Waals surface area contributed by atoms with Gasteiger partial charge in [-0.25, -0.2) is 15.0 Å². The Bertz CT molecular complexity index is 764. The van der Waals surface area contributed by atoms with E-state index in [2.05, 4.69) is 32.0 Å². The summed E-state index contributed by atoms with van der Waals surface area (Å²) < 4.78 is 1.92. The molecule has 0 amide bonds. The first-order valence-electron chi connectivity index (χ1n) is 6.48. The molecule has 1 fully saturated rings. The summed E-state index contributed by atoms with van der Waals surface area (Å²) in [7, 11) is 0. The van der Waals surface area contributed by atoms with Gasteiger partial charge in [-0.05, 0) is 17.2 Å². The molecule has 1 aliphatic heterocycles. The van der Waals surface area contributed by atoms with Gasteiger partial charge < -0.3 is 4.90 Å². The number of halogens is 1. The van der Waals surface area contributed by atoms with E-state index in [9.17, 15) is 0 Å². The van der Waals surface area contributed by atoms with Crippen molar-refractivity contribution < 1.29 is 0 Å². The Kier molecular flexibility index (Phi) is 2.60. The van der Waals surface area contributed by atoms with Gasteiger partial charge in [0.1, 0.15) is 6.33 Å². The summed E-state index contributed by atoms with van der Waals surface area (Å²) in [4.78, 5) is 15.2. The fraction of sp³-hybridized carbons (Fsp3) is 0.214. The molecule has 1 aromatic carbocycles. The molecular weight excluding hydrogens is 274 g/mol. The monoisotopic (exact) mass is 285 g/mol. The molecule has 4 rings (SSSR count). The zero-order valence-corrected chi connectivity index (χ0v) is 11.5. The SMILES string of the molecule is Clc1nc2c(N3CC3)ncnc2n1Cc1ccccc1. The number of hydrogen-bond acceptors (Lipinski definition) is 4. The molecule has 0 atom stereocenters. The molecule has 100 valence electrons. The highest BCUT2D eigenvalue weighted by atomic mass is 35.5. The van der Waals surface area contributed by atoms with Crippen molar-refractivity contribution in [1.29, 1.82) is 0 Å². The summed E-state index contributed by atoms with van der Waals surface area (Å²) in [5, 5.41) is 0.451. The van der Waals surface area contributed by atoms with Gasteiger partial charge in [-0.15, -0.1) is 0 Å². The van der Waals surface area contributed by atoms with Gasteiger partial charge in [0.15, 0.2) is 17.0 Å². The maximum atomic E-state index is 6.28. The minimum atomic E-state index is 0.451. The Balaban J connectivity index is 1.83. The van der Waals surface area contributed by atoms with E-state index in [1.54, 1.807) is 6.33 Å². The molecule has 0 spiro atoms. The average Bonchev–Trinajstić information content (AvgIpc) is 3.26. The highest BCUT2D eigenvalue weighted by Gasteiger charge is 2.25. The van der Waals surface area contributed by atoms with Crippen LogP contribution in [0.1, 0.15) is 5.56 Å². The van der Waals surface area contributed by atoms with Crippen molar-refractivity contribution in [2.24, 2.45) is 0 Å². The van der Waals surface area contributed by atoms with E-state index in [1.807, 2.05) is 22.8 Å². The third kappa shape index (κ3) is 1.91. The van der Waals surface area contributed by atoms with Gasteiger partial charge in [0.05, 0.1) is 6.54 Å². The van der Waals surface area contributed by atoms with Crippen molar-refractivity contribution >= 4 is 28.6 Å². The van der Waals surface area contributed by atoms with Crippen LogP contribution in [0.5, 0.6) is 0 Å². The van der Waals surface area contributed by atoms with E-state index in [1.165, 1.54) is 5.56 Å². The molecule has 6 heteroatoms. The fourth-order valence-electron chi connectivity index (χ4n) is 2.30. The van der Waals surface area contributed by atoms with Gasteiger partial charge in [-0.2, -0.15) is 0 Å². The van der Waals surface area contributed by atoms with Crippen molar-refractivity contribution in [3.63, 3.8) is 0 Å². The van der Waals surface area contributed by atoms with Crippen LogP contribution >= 0.6 is 11.6 Å². The van der Waals surface area contributed by atoms with Crippen LogP contribution in [0.3, 0.4) is 0 Å². The van der Waals surface area contributed by atoms with Gasteiger partial charge in [-0.3, -0.25) is 4.57 Å². The molecule has 1 aliphatic rings. The zero-order valence-electron chi connectivity index (χ0n) is 10.7. The molecule has 2 aromatic heterocycles. The number of nitrogens with zero attached hydrogens (tertiary/aromatic N) is 5. The van der Waals surface area contributed by atoms with Crippen LogP contribution in [0.25, 0.3) is 11.2 Å². The Labute approximate surface area is 120 Å². The van der Waals surface area contributed by atoms with E-state index >= 15 is 0 Å². The first-order chi connectivity index (χ1) is 9.83. The van der Waals surface area contributed by atoms with Crippen LogP contribution < -0.4 is 4.90 Å². The number of aromatic nitrogens is 4. The topological polar surface area (TPSA) is 46.6 Å². The van der Waals surface area contributed by atoms with Gasteiger partial charge in [0, 0.05) is 13.1 Å². The van der Waals surface area contributed by atoms with E-state index < -0.39 is 0 Å². The minimum absolute atomic E-state index is 0.451. The maximum Gasteiger partial charge on any atom is 0.205 e. The molecular formula is C14H12ClN5. The maximum absolute atomic E-state index is 6.28. The summed E-state index contributed by atoms with van der Waals surface area (Å²) >= 11 is 6.28.